The number of nitrogens with one attached hydrogen (secondary N) is 1. The largest absolute Gasteiger partial charge is 0.273 e. The number of nitrogens with zero attached hydrogens (tertiary/aromatic N) is 1. The van der Waals surface area contributed by atoms with E-state index >= 15 is 0 Å². The zero-order chi connectivity index (χ0) is 7.11. The van der Waals surface area contributed by atoms with Crippen molar-refractivity contribution >= 4 is 24.8 Å². The van der Waals surface area contributed by atoms with Crippen molar-refractivity contribution in [1.82, 2.24) is 5.43 Å². The minimum atomic E-state index is -0.0944. The van der Waals surface area contributed by atoms with Crippen LogP contribution in [-0.2, 0) is 4.79 Å². The predicted octanol–water partition coefficient (Wildman–Crippen LogP) is 0.428. The monoisotopic (exact) mass is 146 g/mol. The van der Waals surface area contributed by atoms with Crippen molar-refractivity contribution in [3.8, 4) is 0 Å². The number of amides is 1. The molecule has 4 heteroatoms. The minimum absolute atomic E-state index is 0.0944. The lowest BCUT2D eigenvalue weighted by molar-refractivity contribution is -0.120. The Hall–Kier alpha value is -0.510. The van der Waals surface area contributed by atoms with Crippen LogP contribution in [0.25, 0.3) is 0 Å². The highest BCUT2D eigenvalue weighted by atomic mass is 32.1. The van der Waals surface area contributed by atoms with E-state index in [9.17, 15) is 4.79 Å². The van der Waals surface area contributed by atoms with Gasteiger partial charge in [0.25, 0.3) is 0 Å². The second-order valence-electron chi connectivity index (χ2n) is 1.40. The molecule has 0 heterocycles. The molecule has 1 N–H and O–H groups in total. The molecule has 1 amide bonds. The van der Waals surface area contributed by atoms with Gasteiger partial charge in [-0.05, 0) is 12.7 Å². The van der Waals surface area contributed by atoms with Gasteiger partial charge in [-0.3, -0.25) is 4.79 Å². The van der Waals surface area contributed by atoms with Gasteiger partial charge in [0, 0.05) is 12.6 Å². The number of rotatable bonds is 3. The van der Waals surface area contributed by atoms with Crippen LogP contribution in [0.4, 0.5) is 0 Å². The summed E-state index contributed by atoms with van der Waals surface area (Å²) in [6.07, 6.45) is 1.94. The molecule has 3 nitrogen and oxygen atoms in total. The number of thiol groups is 1. The van der Waals surface area contributed by atoms with Gasteiger partial charge in [-0.2, -0.15) is 17.7 Å². The smallest absolute Gasteiger partial charge is 0.240 e. The highest BCUT2D eigenvalue weighted by Gasteiger charge is 1.93. The van der Waals surface area contributed by atoms with E-state index in [4.69, 9.17) is 0 Å². The lowest BCUT2D eigenvalue weighted by Crippen LogP contribution is -2.16. The van der Waals surface area contributed by atoms with E-state index in [1.807, 2.05) is 0 Å². The van der Waals surface area contributed by atoms with E-state index in [1.54, 1.807) is 6.92 Å². The van der Waals surface area contributed by atoms with Crippen molar-refractivity contribution < 1.29 is 4.79 Å². The van der Waals surface area contributed by atoms with E-state index in [2.05, 4.69) is 23.2 Å². The van der Waals surface area contributed by atoms with Crippen LogP contribution in [0.2, 0.25) is 0 Å². The number of carbonyl (C=O) groups excluding carboxylic acids is 1. The van der Waals surface area contributed by atoms with Gasteiger partial charge in [-0.15, -0.1) is 0 Å². The zero-order valence-corrected chi connectivity index (χ0v) is 6.19. The average Bonchev–Trinajstić information content (AvgIpc) is 1.85. The first-order valence-electron chi connectivity index (χ1n) is 2.68. The maximum atomic E-state index is 10.5. The van der Waals surface area contributed by atoms with Crippen molar-refractivity contribution in [2.24, 2.45) is 5.10 Å². The Kier molecular flexibility index (Phi) is 5.30. The molecule has 0 rings (SSSR count). The Morgan fingerprint density at radius 1 is 1.89 bits per heavy atom. The summed E-state index contributed by atoms with van der Waals surface area (Å²) in [6.45, 7) is 1.74. The molecular weight excluding hydrogens is 136 g/mol. The molecule has 0 bridgehead atoms. The molecule has 0 spiro atoms. The predicted molar refractivity (Wildman–Crippen MR) is 40.8 cm³/mol. The Morgan fingerprint density at radius 2 is 2.56 bits per heavy atom. The fraction of sp³-hybridized carbons (Fsp3) is 0.600. The average molecular weight is 146 g/mol. The third kappa shape index (κ3) is 5.36. The molecule has 0 aromatic carbocycles. The molecule has 0 aliphatic rings. The van der Waals surface area contributed by atoms with Crippen molar-refractivity contribution in [3.63, 3.8) is 0 Å². The molecule has 0 aromatic heterocycles. The van der Waals surface area contributed by atoms with Crippen LogP contribution < -0.4 is 5.43 Å². The van der Waals surface area contributed by atoms with Crippen molar-refractivity contribution in [2.45, 2.75) is 13.3 Å². The van der Waals surface area contributed by atoms with Crippen LogP contribution in [0.1, 0.15) is 13.3 Å². The van der Waals surface area contributed by atoms with Crippen molar-refractivity contribution in [2.75, 3.05) is 5.75 Å². The third-order valence-electron chi connectivity index (χ3n) is 0.657. The van der Waals surface area contributed by atoms with Gasteiger partial charge in [0.1, 0.15) is 0 Å². The summed E-state index contributed by atoms with van der Waals surface area (Å²) in [4.78, 5) is 10.5. The molecular formula is C5H10N2OS. The molecule has 0 aliphatic heterocycles. The Labute approximate surface area is 59.9 Å². The quantitative estimate of drug-likeness (QED) is 0.338. The number of hydrogen-bond acceptors (Lipinski definition) is 3. The van der Waals surface area contributed by atoms with Crippen LogP contribution >= 0.6 is 12.6 Å². The molecule has 52 valence electrons. The van der Waals surface area contributed by atoms with Crippen LogP contribution in [0, 0.1) is 0 Å². The van der Waals surface area contributed by atoms with E-state index in [1.165, 1.54) is 6.21 Å². The Bertz CT molecular complexity index is 114. The van der Waals surface area contributed by atoms with Gasteiger partial charge in [-0.1, -0.05) is 0 Å². The van der Waals surface area contributed by atoms with Crippen LogP contribution in [0.3, 0.4) is 0 Å². The topological polar surface area (TPSA) is 41.5 Å². The van der Waals surface area contributed by atoms with Gasteiger partial charge in [-0.25, -0.2) is 5.43 Å². The summed E-state index contributed by atoms with van der Waals surface area (Å²) in [5.41, 5.74) is 2.31. The lowest BCUT2D eigenvalue weighted by Gasteiger charge is -1.92. The summed E-state index contributed by atoms with van der Waals surface area (Å²) in [5.74, 6) is 0.466. The van der Waals surface area contributed by atoms with Crippen LogP contribution in [0.5, 0.6) is 0 Å². The van der Waals surface area contributed by atoms with Crippen LogP contribution in [0.15, 0.2) is 5.10 Å². The van der Waals surface area contributed by atoms with Crippen LogP contribution in [-0.4, -0.2) is 17.9 Å². The van der Waals surface area contributed by atoms with Crippen molar-refractivity contribution in [3.05, 3.63) is 0 Å². The van der Waals surface area contributed by atoms with Gasteiger partial charge >= 0.3 is 0 Å². The van der Waals surface area contributed by atoms with Gasteiger partial charge in [0.15, 0.2) is 0 Å². The first kappa shape index (κ1) is 8.49. The third-order valence-corrected chi connectivity index (χ3v) is 0.881. The van der Waals surface area contributed by atoms with E-state index in [-0.39, 0.29) is 5.91 Å². The van der Waals surface area contributed by atoms with Crippen molar-refractivity contribution in [1.29, 1.82) is 0 Å². The van der Waals surface area contributed by atoms with E-state index < -0.39 is 0 Å². The molecule has 0 atom stereocenters. The van der Waals surface area contributed by atoms with Gasteiger partial charge < -0.3 is 0 Å². The molecule has 0 saturated heterocycles. The van der Waals surface area contributed by atoms with E-state index in [0.717, 1.165) is 0 Å². The molecule has 9 heavy (non-hydrogen) atoms. The fourth-order valence-corrected chi connectivity index (χ4v) is 0.497. The summed E-state index contributed by atoms with van der Waals surface area (Å²) < 4.78 is 0. The minimum Gasteiger partial charge on any atom is -0.273 e. The molecule has 0 aromatic rings. The van der Waals surface area contributed by atoms with Gasteiger partial charge in [0.2, 0.25) is 5.91 Å². The first-order chi connectivity index (χ1) is 4.31. The SMILES string of the molecule is C/C=N/NC(=O)CCS. The summed E-state index contributed by atoms with van der Waals surface area (Å²) >= 11 is 3.87. The second kappa shape index (κ2) is 5.62. The molecule has 0 saturated carbocycles. The number of carbonyl (C=O) groups is 1. The summed E-state index contributed by atoms with van der Waals surface area (Å²) in [5, 5.41) is 3.53. The maximum Gasteiger partial charge on any atom is 0.240 e. The maximum absolute atomic E-state index is 10.5. The summed E-state index contributed by atoms with van der Waals surface area (Å²) in [7, 11) is 0. The molecule has 0 fully saturated rings. The highest BCUT2D eigenvalue weighted by Crippen LogP contribution is 1.81. The Balaban J connectivity index is 3.27. The Morgan fingerprint density at radius 3 is 3.00 bits per heavy atom. The summed E-state index contributed by atoms with van der Waals surface area (Å²) in [6, 6.07) is 0. The molecule has 0 aliphatic carbocycles. The molecule has 0 radical (unpaired) electrons. The number of hydrogen-bond donors (Lipinski definition) is 2. The highest BCUT2D eigenvalue weighted by molar-refractivity contribution is 7.80. The number of hydrazone groups is 1. The normalized spacial score (nSPS) is 10.0. The van der Waals surface area contributed by atoms with E-state index in [0.29, 0.717) is 12.2 Å². The lowest BCUT2D eigenvalue weighted by atomic mass is 10.5. The fourth-order valence-electron chi connectivity index (χ4n) is 0.294. The first-order valence-corrected chi connectivity index (χ1v) is 3.32. The standard InChI is InChI=1S/C5H10N2OS/c1-2-6-7-5(8)3-4-9/h2,9H,3-4H2,1H3,(H,7,8)/b6-2+. The molecule has 0 unspecified atom stereocenters. The second-order valence-corrected chi connectivity index (χ2v) is 1.84. The van der Waals surface area contributed by atoms with Gasteiger partial charge in [0.05, 0.1) is 0 Å². The zero-order valence-electron chi connectivity index (χ0n) is 5.29.